The maximum absolute atomic E-state index is 12.9. The molecule has 2 aliphatic rings. The number of ether oxygens (including phenoxy) is 1. The lowest BCUT2D eigenvalue weighted by molar-refractivity contribution is 0.0921. The van der Waals surface area contributed by atoms with Crippen molar-refractivity contribution in [3.05, 3.63) is 70.9 Å². The van der Waals surface area contributed by atoms with Gasteiger partial charge in [-0.15, -0.1) is 0 Å². The number of carbonyl (C=O) groups is 1. The normalized spacial score (nSPS) is 17.5. The average Bonchev–Trinajstić information content (AvgIpc) is 3.13. The van der Waals surface area contributed by atoms with Gasteiger partial charge in [0.2, 0.25) is 0 Å². The molecule has 1 N–H and O–H groups in total. The van der Waals surface area contributed by atoms with E-state index in [0.29, 0.717) is 23.6 Å². The molecule has 130 valence electrons. The molecule has 5 nitrogen and oxygen atoms in total. The van der Waals surface area contributed by atoms with Crippen LogP contribution in [0.4, 0.5) is 0 Å². The lowest BCUT2D eigenvalue weighted by atomic mass is 9.87. The topological polar surface area (TPSA) is 64.4 Å². The van der Waals surface area contributed by atoms with E-state index in [0.717, 1.165) is 30.6 Å². The van der Waals surface area contributed by atoms with Crippen molar-refractivity contribution < 1.29 is 14.1 Å². The predicted molar refractivity (Wildman–Crippen MR) is 95.9 cm³/mol. The molecule has 0 radical (unpaired) electrons. The smallest absolute Gasteiger partial charge is 0.274 e. The number of amides is 1. The number of benzene rings is 2. The van der Waals surface area contributed by atoms with Crippen molar-refractivity contribution in [1.29, 1.82) is 0 Å². The van der Waals surface area contributed by atoms with Crippen molar-refractivity contribution >= 4 is 5.91 Å². The summed E-state index contributed by atoms with van der Waals surface area (Å²) in [5.74, 6) is 1.17. The van der Waals surface area contributed by atoms with Crippen molar-refractivity contribution in [3.8, 4) is 17.1 Å². The van der Waals surface area contributed by atoms with Crippen molar-refractivity contribution in [2.45, 2.75) is 31.9 Å². The molecule has 2 heterocycles. The van der Waals surface area contributed by atoms with Crippen molar-refractivity contribution in [2.75, 3.05) is 0 Å². The number of rotatable bonds is 2. The number of nitrogens with one attached hydrogen (secondary N) is 1. The van der Waals surface area contributed by atoms with Crippen LogP contribution in [0.2, 0.25) is 0 Å². The van der Waals surface area contributed by atoms with Gasteiger partial charge in [0.1, 0.15) is 12.4 Å². The van der Waals surface area contributed by atoms with Crippen molar-refractivity contribution in [3.63, 3.8) is 0 Å². The molecule has 1 aliphatic heterocycles. The number of fused-ring (bicyclic) bond motifs is 4. The number of aromatic nitrogens is 1. The van der Waals surface area contributed by atoms with E-state index >= 15 is 0 Å². The maximum atomic E-state index is 12.9. The predicted octanol–water partition coefficient (Wildman–Crippen LogP) is 4.04. The van der Waals surface area contributed by atoms with Gasteiger partial charge in [-0.05, 0) is 42.5 Å². The van der Waals surface area contributed by atoms with Crippen molar-refractivity contribution in [2.24, 2.45) is 0 Å². The second-order valence-electron chi connectivity index (χ2n) is 6.74. The van der Waals surface area contributed by atoms with Crippen LogP contribution in [-0.2, 0) is 13.0 Å². The van der Waals surface area contributed by atoms with E-state index in [-0.39, 0.29) is 11.9 Å². The summed E-state index contributed by atoms with van der Waals surface area (Å²) in [6, 6.07) is 15.9. The van der Waals surface area contributed by atoms with E-state index in [4.69, 9.17) is 9.26 Å². The first-order valence-corrected chi connectivity index (χ1v) is 8.90. The molecule has 0 saturated heterocycles. The van der Waals surface area contributed by atoms with E-state index in [1.54, 1.807) is 0 Å². The number of aryl methyl sites for hydroxylation is 1. The summed E-state index contributed by atoms with van der Waals surface area (Å²) in [6.45, 7) is 0.292. The van der Waals surface area contributed by atoms with Gasteiger partial charge in [0.05, 0.1) is 17.2 Å². The molecular weight excluding hydrogens is 328 g/mol. The number of carbonyl (C=O) groups excluding carboxylic acids is 1. The molecule has 26 heavy (non-hydrogen) atoms. The molecule has 0 saturated carbocycles. The number of para-hydroxylation sites is 1. The highest BCUT2D eigenvalue weighted by molar-refractivity contribution is 5.96. The molecule has 5 heteroatoms. The summed E-state index contributed by atoms with van der Waals surface area (Å²) in [7, 11) is 0. The lowest BCUT2D eigenvalue weighted by Crippen LogP contribution is -2.32. The van der Waals surface area contributed by atoms with Crippen LogP contribution in [0, 0.1) is 0 Å². The molecule has 1 amide bonds. The Balaban J connectivity index is 1.44. The Morgan fingerprint density at radius 2 is 1.96 bits per heavy atom. The highest BCUT2D eigenvalue weighted by Gasteiger charge is 2.30. The SMILES string of the molecule is O=C(NC1CCCc2ccccc21)c1noc2c1COc1ccccc1-2. The number of hydrogen-bond donors (Lipinski definition) is 1. The largest absolute Gasteiger partial charge is 0.488 e. The molecule has 1 aromatic heterocycles. The first-order valence-electron chi connectivity index (χ1n) is 8.90. The third kappa shape index (κ3) is 2.39. The summed E-state index contributed by atoms with van der Waals surface area (Å²) in [6.07, 6.45) is 3.06. The van der Waals surface area contributed by atoms with E-state index in [9.17, 15) is 4.79 Å². The molecule has 0 fully saturated rings. The highest BCUT2D eigenvalue weighted by atomic mass is 16.5. The van der Waals surface area contributed by atoms with Crippen LogP contribution in [0.3, 0.4) is 0 Å². The molecule has 0 bridgehead atoms. The van der Waals surface area contributed by atoms with Gasteiger partial charge in [-0.3, -0.25) is 4.79 Å². The minimum absolute atomic E-state index is 0.0107. The molecular formula is C21H18N2O3. The molecule has 1 aliphatic carbocycles. The zero-order valence-corrected chi connectivity index (χ0v) is 14.2. The Hall–Kier alpha value is -3.08. The first kappa shape index (κ1) is 15.2. The second kappa shape index (κ2) is 6.02. The highest BCUT2D eigenvalue weighted by Crippen LogP contribution is 2.38. The minimum atomic E-state index is -0.209. The van der Waals surface area contributed by atoms with Gasteiger partial charge in [0.15, 0.2) is 11.5 Å². The Labute approximate surface area is 151 Å². The second-order valence-corrected chi connectivity index (χ2v) is 6.74. The third-order valence-corrected chi connectivity index (χ3v) is 5.18. The maximum Gasteiger partial charge on any atom is 0.274 e. The minimum Gasteiger partial charge on any atom is -0.488 e. The average molecular weight is 346 g/mol. The van der Waals surface area contributed by atoms with Gasteiger partial charge < -0.3 is 14.6 Å². The molecule has 3 aromatic rings. The van der Waals surface area contributed by atoms with Crippen LogP contribution in [0.1, 0.15) is 46.1 Å². The standard InChI is InChI=1S/C21H18N2O3/c24-21(22-17-10-5-7-13-6-1-2-8-14(13)17)19-16-12-25-18-11-4-3-9-15(18)20(16)26-23-19/h1-4,6,8-9,11,17H,5,7,10,12H2,(H,22,24). The zero-order valence-electron chi connectivity index (χ0n) is 14.2. The number of hydrogen-bond acceptors (Lipinski definition) is 4. The monoisotopic (exact) mass is 346 g/mol. The fraction of sp³-hybridized carbons (Fsp3) is 0.238. The van der Waals surface area contributed by atoms with Crippen LogP contribution in [0.5, 0.6) is 5.75 Å². The summed E-state index contributed by atoms with van der Waals surface area (Å²) in [5.41, 5.74) is 4.38. The Morgan fingerprint density at radius 1 is 1.12 bits per heavy atom. The van der Waals surface area contributed by atoms with Gasteiger partial charge in [-0.25, -0.2) is 0 Å². The Kier molecular flexibility index (Phi) is 3.52. The van der Waals surface area contributed by atoms with E-state index in [2.05, 4.69) is 22.6 Å². The van der Waals surface area contributed by atoms with E-state index in [1.807, 2.05) is 36.4 Å². The van der Waals surface area contributed by atoms with Crippen LogP contribution in [-0.4, -0.2) is 11.1 Å². The zero-order chi connectivity index (χ0) is 17.5. The Bertz CT molecular complexity index is 992. The van der Waals surface area contributed by atoms with Crippen molar-refractivity contribution in [1.82, 2.24) is 10.5 Å². The van der Waals surface area contributed by atoms with E-state index < -0.39 is 0 Å². The molecule has 0 spiro atoms. The van der Waals surface area contributed by atoms with Gasteiger partial charge in [-0.2, -0.15) is 0 Å². The number of nitrogens with zero attached hydrogens (tertiary/aromatic N) is 1. The molecule has 5 rings (SSSR count). The molecule has 2 aromatic carbocycles. The Morgan fingerprint density at radius 3 is 2.92 bits per heavy atom. The van der Waals surface area contributed by atoms with E-state index in [1.165, 1.54) is 11.1 Å². The summed E-state index contributed by atoms with van der Waals surface area (Å²) < 4.78 is 11.3. The van der Waals surface area contributed by atoms with Crippen LogP contribution in [0.25, 0.3) is 11.3 Å². The molecule has 1 unspecified atom stereocenters. The lowest BCUT2D eigenvalue weighted by Gasteiger charge is -2.26. The fourth-order valence-electron chi connectivity index (χ4n) is 3.89. The third-order valence-electron chi connectivity index (χ3n) is 5.18. The van der Waals surface area contributed by atoms with Gasteiger partial charge in [0.25, 0.3) is 5.91 Å². The van der Waals surface area contributed by atoms with Gasteiger partial charge in [0, 0.05) is 0 Å². The fourth-order valence-corrected chi connectivity index (χ4v) is 3.89. The summed E-state index contributed by atoms with van der Waals surface area (Å²) in [5, 5.41) is 7.19. The van der Waals surface area contributed by atoms with Gasteiger partial charge >= 0.3 is 0 Å². The van der Waals surface area contributed by atoms with Gasteiger partial charge in [-0.1, -0.05) is 41.6 Å². The summed E-state index contributed by atoms with van der Waals surface area (Å²) >= 11 is 0. The van der Waals surface area contributed by atoms with Crippen LogP contribution in [0.15, 0.2) is 53.1 Å². The first-order chi connectivity index (χ1) is 12.8. The summed E-state index contributed by atoms with van der Waals surface area (Å²) in [4.78, 5) is 12.9. The quantitative estimate of drug-likeness (QED) is 0.760. The van der Waals surface area contributed by atoms with Crippen LogP contribution >= 0.6 is 0 Å². The molecule has 1 atom stereocenters. The van der Waals surface area contributed by atoms with Crippen LogP contribution < -0.4 is 10.1 Å².